The molecule has 2 fully saturated rings. The molecular formula is C21H22N4O2. The number of nitrogens with one attached hydrogen (secondary N) is 1. The molecule has 1 spiro atoms. The molecule has 2 aliphatic heterocycles. The van der Waals surface area contributed by atoms with Gasteiger partial charge in [-0.1, -0.05) is 30.3 Å². The quantitative estimate of drug-likeness (QED) is 0.905. The van der Waals surface area contributed by atoms with Gasteiger partial charge < -0.3 is 14.8 Å². The molecular weight excluding hydrogens is 340 g/mol. The van der Waals surface area contributed by atoms with Crippen LogP contribution in [-0.2, 0) is 11.2 Å². The summed E-state index contributed by atoms with van der Waals surface area (Å²) in [5.41, 5.74) is 1.65. The Morgan fingerprint density at radius 3 is 2.74 bits per heavy atom. The van der Waals surface area contributed by atoms with Crippen molar-refractivity contribution in [2.24, 2.45) is 5.41 Å². The van der Waals surface area contributed by atoms with Gasteiger partial charge in [0.05, 0.1) is 11.0 Å². The van der Waals surface area contributed by atoms with Crippen LogP contribution in [-0.4, -0.2) is 52.8 Å². The number of likely N-dealkylation sites (tertiary alicyclic amines) is 2. The van der Waals surface area contributed by atoms with E-state index in [0.717, 1.165) is 25.9 Å². The van der Waals surface area contributed by atoms with Crippen LogP contribution in [0.1, 0.15) is 34.5 Å². The normalized spacial score (nSPS) is 21.8. The number of carbonyl (C=O) groups excluding carboxylic acids is 2. The minimum Gasteiger partial charge on any atom is -0.356 e. The number of nitriles is 1. The Morgan fingerprint density at radius 1 is 1.22 bits per heavy atom. The van der Waals surface area contributed by atoms with Crippen molar-refractivity contribution in [1.82, 2.24) is 14.8 Å². The second-order valence-corrected chi connectivity index (χ2v) is 7.45. The summed E-state index contributed by atoms with van der Waals surface area (Å²) in [6.45, 7) is 2.53. The number of nitrogens with zero attached hydrogens (tertiary/aromatic N) is 3. The molecule has 2 aromatic rings. The Kier molecular flexibility index (Phi) is 4.44. The third kappa shape index (κ3) is 3.21. The molecule has 6 heteroatoms. The van der Waals surface area contributed by atoms with Crippen LogP contribution in [0.3, 0.4) is 0 Å². The van der Waals surface area contributed by atoms with Gasteiger partial charge in [0.25, 0.3) is 5.91 Å². The molecule has 138 valence electrons. The topological polar surface area (TPSA) is 80.2 Å². The maximum Gasteiger partial charge on any atom is 0.270 e. The summed E-state index contributed by atoms with van der Waals surface area (Å²) in [4.78, 5) is 32.3. The summed E-state index contributed by atoms with van der Waals surface area (Å²) < 4.78 is 0. The van der Waals surface area contributed by atoms with Crippen molar-refractivity contribution in [2.75, 3.05) is 26.2 Å². The maximum absolute atomic E-state index is 13.0. The van der Waals surface area contributed by atoms with Crippen molar-refractivity contribution >= 4 is 11.8 Å². The van der Waals surface area contributed by atoms with Gasteiger partial charge in [-0.3, -0.25) is 9.59 Å². The van der Waals surface area contributed by atoms with Crippen LogP contribution in [0.25, 0.3) is 0 Å². The van der Waals surface area contributed by atoms with E-state index < -0.39 is 5.41 Å². The smallest absolute Gasteiger partial charge is 0.270 e. The second-order valence-electron chi connectivity index (χ2n) is 7.45. The zero-order valence-electron chi connectivity index (χ0n) is 15.1. The fourth-order valence-corrected chi connectivity index (χ4v) is 4.19. The Labute approximate surface area is 158 Å². The molecule has 27 heavy (non-hydrogen) atoms. The number of amides is 2. The molecule has 2 saturated heterocycles. The van der Waals surface area contributed by atoms with Crippen LogP contribution < -0.4 is 0 Å². The van der Waals surface area contributed by atoms with Gasteiger partial charge in [0, 0.05) is 32.4 Å². The predicted molar refractivity (Wildman–Crippen MR) is 99.8 cm³/mol. The highest BCUT2D eigenvalue weighted by molar-refractivity contribution is 5.94. The predicted octanol–water partition coefficient (Wildman–Crippen LogP) is 2.19. The van der Waals surface area contributed by atoms with Gasteiger partial charge in [-0.15, -0.1) is 0 Å². The van der Waals surface area contributed by atoms with Gasteiger partial charge in [0.15, 0.2) is 0 Å². The highest BCUT2D eigenvalue weighted by atomic mass is 16.2. The largest absolute Gasteiger partial charge is 0.356 e. The lowest BCUT2D eigenvalue weighted by molar-refractivity contribution is -0.135. The van der Waals surface area contributed by atoms with E-state index in [4.69, 9.17) is 5.26 Å². The van der Waals surface area contributed by atoms with E-state index in [0.29, 0.717) is 30.8 Å². The number of carbonyl (C=O) groups is 2. The molecule has 0 bridgehead atoms. The molecule has 1 aromatic carbocycles. The lowest BCUT2D eigenvalue weighted by Gasteiger charge is -2.23. The molecule has 2 amide bonds. The van der Waals surface area contributed by atoms with Gasteiger partial charge in [0.1, 0.15) is 11.8 Å². The number of rotatable bonds is 4. The fourth-order valence-electron chi connectivity index (χ4n) is 4.19. The lowest BCUT2D eigenvalue weighted by atomic mass is 9.85. The van der Waals surface area contributed by atoms with Crippen molar-refractivity contribution in [3.8, 4) is 6.07 Å². The average Bonchev–Trinajstić information content (AvgIpc) is 3.42. The van der Waals surface area contributed by atoms with Crippen LogP contribution in [0.15, 0.2) is 42.6 Å². The summed E-state index contributed by atoms with van der Waals surface area (Å²) in [5, 5.41) is 8.92. The van der Waals surface area contributed by atoms with Crippen LogP contribution in [0.5, 0.6) is 0 Å². The summed E-state index contributed by atoms with van der Waals surface area (Å²) in [5.74, 6) is 0.0434. The van der Waals surface area contributed by atoms with E-state index in [9.17, 15) is 9.59 Å². The number of H-pyrrole nitrogens is 1. The van der Waals surface area contributed by atoms with Crippen LogP contribution in [0.4, 0.5) is 0 Å². The summed E-state index contributed by atoms with van der Waals surface area (Å²) in [7, 11) is 0. The first kappa shape index (κ1) is 17.3. The van der Waals surface area contributed by atoms with Crippen LogP contribution in [0.2, 0.25) is 0 Å². The van der Waals surface area contributed by atoms with Gasteiger partial charge >= 0.3 is 0 Å². The minimum absolute atomic E-state index is 0.135. The third-order valence-corrected chi connectivity index (χ3v) is 5.80. The van der Waals surface area contributed by atoms with Gasteiger partial charge in [-0.05, 0) is 30.9 Å². The number of hydrogen-bond donors (Lipinski definition) is 1. The first-order chi connectivity index (χ1) is 13.1. The molecule has 3 heterocycles. The Balaban J connectivity index is 1.39. The molecule has 0 saturated carbocycles. The summed E-state index contributed by atoms with van der Waals surface area (Å²) in [6.07, 6.45) is 3.90. The molecule has 4 rings (SSSR count). The van der Waals surface area contributed by atoms with Crippen molar-refractivity contribution in [1.29, 1.82) is 5.26 Å². The molecule has 0 aliphatic carbocycles. The molecule has 2 aliphatic rings. The number of hydrogen-bond acceptors (Lipinski definition) is 3. The van der Waals surface area contributed by atoms with E-state index in [2.05, 4.69) is 17.1 Å². The van der Waals surface area contributed by atoms with E-state index >= 15 is 0 Å². The average molecular weight is 362 g/mol. The van der Waals surface area contributed by atoms with Crippen molar-refractivity contribution in [2.45, 2.75) is 19.3 Å². The van der Waals surface area contributed by atoms with E-state index in [1.54, 1.807) is 11.0 Å². The van der Waals surface area contributed by atoms with Crippen molar-refractivity contribution < 1.29 is 9.59 Å². The highest BCUT2D eigenvalue weighted by Gasteiger charge is 2.51. The van der Waals surface area contributed by atoms with Crippen LogP contribution in [0, 0.1) is 16.7 Å². The molecule has 1 aromatic heterocycles. The third-order valence-electron chi connectivity index (χ3n) is 5.80. The number of aromatic nitrogens is 1. The standard InChI is InChI=1S/C21H22N4O2/c22-13-17-12-18(23-14-17)19(26)25-11-8-21(15-25)7-10-24(20(21)27)9-6-16-4-2-1-3-5-16/h1-5,12,14,23H,6-11,15H2. The maximum atomic E-state index is 13.0. The Hall–Kier alpha value is -3.07. The second kappa shape index (κ2) is 6.92. The van der Waals surface area contributed by atoms with E-state index in [1.807, 2.05) is 29.2 Å². The van der Waals surface area contributed by atoms with Gasteiger partial charge in [-0.2, -0.15) is 5.26 Å². The van der Waals surface area contributed by atoms with Crippen molar-refractivity contribution in [3.63, 3.8) is 0 Å². The minimum atomic E-state index is -0.434. The van der Waals surface area contributed by atoms with Gasteiger partial charge in [-0.25, -0.2) is 0 Å². The monoisotopic (exact) mass is 362 g/mol. The first-order valence-corrected chi connectivity index (χ1v) is 9.32. The molecule has 1 atom stereocenters. The zero-order chi connectivity index (χ0) is 18.9. The molecule has 6 nitrogen and oxygen atoms in total. The Bertz CT molecular complexity index is 898. The Morgan fingerprint density at radius 2 is 2.00 bits per heavy atom. The highest BCUT2D eigenvalue weighted by Crippen LogP contribution is 2.41. The van der Waals surface area contributed by atoms with Crippen LogP contribution >= 0.6 is 0 Å². The number of benzene rings is 1. The lowest BCUT2D eigenvalue weighted by Crippen LogP contribution is -2.39. The van der Waals surface area contributed by atoms with E-state index in [1.165, 1.54) is 11.8 Å². The first-order valence-electron chi connectivity index (χ1n) is 9.32. The summed E-state index contributed by atoms with van der Waals surface area (Å²) >= 11 is 0. The molecule has 1 unspecified atom stereocenters. The van der Waals surface area contributed by atoms with Crippen molar-refractivity contribution in [3.05, 3.63) is 59.4 Å². The number of aromatic amines is 1. The fraction of sp³-hybridized carbons (Fsp3) is 0.381. The molecule has 1 N–H and O–H groups in total. The summed E-state index contributed by atoms with van der Waals surface area (Å²) in [6, 6.07) is 13.8. The zero-order valence-corrected chi connectivity index (χ0v) is 15.1. The SMILES string of the molecule is N#Cc1c[nH]c(C(=O)N2CCC3(CCN(CCc4ccccc4)C3=O)C2)c1. The van der Waals surface area contributed by atoms with E-state index in [-0.39, 0.29) is 11.8 Å². The van der Waals surface area contributed by atoms with Gasteiger partial charge in [0.2, 0.25) is 5.91 Å². The molecule has 0 radical (unpaired) electrons.